The number of rotatable bonds is 4. The highest BCUT2D eigenvalue weighted by molar-refractivity contribution is 6.32. The van der Waals surface area contributed by atoms with E-state index in [0.717, 1.165) is 0 Å². The van der Waals surface area contributed by atoms with Gasteiger partial charge in [-0.25, -0.2) is 0 Å². The fourth-order valence-electron chi connectivity index (χ4n) is 1.59. The van der Waals surface area contributed by atoms with E-state index in [4.69, 9.17) is 27.9 Å². The molecule has 23 heavy (non-hydrogen) atoms. The molecule has 0 aromatic heterocycles. The van der Waals surface area contributed by atoms with Gasteiger partial charge in [0.2, 0.25) is 0 Å². The third-order valence-corrected chi connectivity index (χ3v) is 3.34. The average molecular weight is 355 g/mol. The van der Waals surface area contributed by atoms with Crippen LogP contribution in [0.1, 0.15) is 10.4 Å². The number of nitrogens with one attached hydrogen (secondary N) is 2. The van der Waals surface area contributed by atoms with Crippen LogP contribution < -0.4 is 15.6 Å². The summed E-state index contributed by atoms with van der Waals surface area (Å²) in [6.45, 7) is -0.319. The van der Waals surface area contributed by atoms with Crippen molar-refractivity contribution < 1.29 is 19.4 Å². The van der Waals surface area contributed by atoms with E-state index in [1.165, 1.54) is 18.2 Å². The summed E-state index contributed by atoms with van der Waals surface area (Å²) in [4.78, 5) is 23.4. The van der Waals surface area contributed by atoms with Crippen LogP contribution in [0.4, 0.5) is 0 Å². The third-order valence-electron chi connectivity index (χ3n) is 2.72. The van der Waals surface area contributed by atoms with Gasteiger partial charge in [-0.15, -0.1) is 0 Å². The standard InChI is InChI=1S/C15H12Cl2N2O4/c16-10-3-1-2-4-13(10)23-8-14(21)18-19-15(22)9-5-6-12(20)11(17)7-9/h1-7,20H,8H2,(H,18,21)(H,19,22). The molecule has 2 rings (SSSR count). The second kappa shape index (κ2) is 7.71. The molecule has 0 saturated carbocycles. The molecule has 3 N–H and O–H groups in total. The number of carbonyl (C=O) groups excluding carboxylic acids is 2. The largest absolute Gasteiger partial charge is 0.506 e. The van der Waals surface area contributed by atoms with Crippen molar-refractivity contribution >= 4 is 35.0 Å². The minimum absolute atomic E-state index is 0.0334. The van der Waals surface area contributed by atoms with Gasteiger partial charge in [0.05, 0.1) is 10.0 Å². The molecule has 0 heterocycles. The van der Waals surface area contributed by atoms with Gasteiger partial charge in [-0.05, 0) is 30.3 Å². The highest BCUT2D eigenvalue weighted by atomic mass is 35.5. The predicted molar refractivity (Wildman–Crippen MR) is 85.7 cm³/mol. The van der Waals surface area contributed by atoms with Crippen LogP contribution >= 0.6 is 23.2 Å². The van der Waals surface area contributed by atoms with Crippen molar-refractivity contribution in [3.8, 4) is 11.5 Å². The molecule has 0 aliphatic heterocycles. The second-order valence-corrected chi connectivity index (χ2v) is 5.20. The second-order valence-electron chi connectivity index (χ2n) is 4.39. The van der Waals surface area contributed by atoms with Crippen LogP contribution in [0.25, 0.3) is 0 Å². The van der Waals surface area contributed by atoms with E-state index in [2.05, 4.69) is 10.9 Å². The van der Waals surface area contributed by atoms with Crippen molar-refractivity contribution in [1.82, 2.24) is 10.9 Å². The number of aromatic hydroxyl groups is 1. The summed E-state index contributed by atoms with van der Waals surface area (Å²) >= 11 is 11.6. The number of ether oxygens (including phenoxy) is 1. The van der Waals surface area contributed by atoms with Crippen LogP contribution in [0.5, 0.6) is 11.5 Å². The number of halogens is 2. The van der Waals surface area contributed by atoms with Gasteiger partial charge in [0.1, 0.15) is 11.5 Å². The Kier molecular flexibility index (Phi) is 5.67. The zero-order chi connectivity index (χ0) is 16.8. The van der Waals surface area contributed by atoms with Crippen molar-refractivity contribution in [1.29, 1.82) is 0 Å². The molecule has 0 atom stereocenters. The van der Waals surface area contributed by atoms with E-state index in [-0.39, 0.29) is 22.9 Å². The van der Waals surface area contributed by atoms with Crippen LogP contribution in [0.15, 0.2) is 42.5 Å². The molecule has 120 valence electrons. The van der Waals surface area contributed by atoms with Crippen LogP contribution in [0, 0.1) is 0 Å². The zero-order valence-electron chi connectivity index (χ0n) is 11.7. The van der Waals surface area contributed by atoms with Gasteiger partial charge >= 0.3 is 0 Å². The first-order chi connectivity index (χ1) is 11.0. The Bertz CT molecular complexity index is 737. The molecule has 0 aliphatic carbocycles. The lowest BCUT2D eigenvalue weighted by Gasteiger charge is -2.10. The number of phenolic OH excluding ortho intramolecular Hbond substituents is 1. The summed E-state index contributed by atoms with van der Waals surface area (Å²) in [5.74, 6) is -0.928. The Morgan fingerprint density at radius 1 is 1.04 bits per heavy atom. The summed E-state index contributed by atoms with van der Waals surface area (Å²) in [7, 11) is 0. The lowest BCUT2D eigenvalue weighted by Crippen LogP contribution is -2.43. The monoisotopic (exact) mass is 354 g/mol. The molecule has 2 amide bonds. The number of hydrogen-bond donors (Lipinski definition) is 3. The summed E-state index contributed by atoms with van der Waals surface area (Å²) in [5.41, 5.74) is 4.58. The highest BCUT2D eigenvalue weighted by Gasteiger charge is 2.10. The quantitative estimate of drug-likeness (QED) is 0.736. The molecule has 2 aromatic rings. The van der Waals surface area contributed by atoms with Crippen LogP contribution in [-0.2, 0) is 4.79 Å². The van der Waals surface area contributed by atoms with Crippen molar-refractivity contribution in [2.24, 2.45) is 0 Å². The molecule has 0 radical (unpaired) electrons. The molecular formula is C15H12Cl2N2O4. The molecule has 2 aromatic carbocycles. The molecule has 0 bridgehead atoms. The van der Waals surface area contributed by atoms with Gasteiger partial charge < -0.3 is 9.84 Å². The van der Waals surface area contributed by atoms with E-state index < -0.39 is 11.8 Å². The topological polar surface area (TPSA) is 87.7 Å². The normalized spacial score (nSPS) is 10.0. The van der Waals surface area contributed by atoms with Crippen LogP contribution in [0.2, 0.25) is 10.0 Å². The summed E-state index contributed by atoms with van der Waals surface area (Å²) in [6.07, 6.45) is 0. The first-order valence-corrected chi connectivity index (χ1v) is 7.18. The number of para-hydroxylation sites is 1. The van der Waals surface area contributed by atoms with Crippen LogP contribution in [-0.4, -0.2) is 23.5 Å². The van der Waals surface area contributed by atoms with Gasteiger partial charge in [-0.2, -0.15) is 0 Å². The minimum Gasteiger partial charge on any atom is -0.506 e. The average Bonchev–Trinajstić information content (AvgIpc) is 2.54. The molecular weight excluding hydrogens is 343 g/mol. The maximum atomic E-state index is 11.8. The predicted octanol–water partition coefficient (Wildman–Crippen LogP) is 2.54. The number of phenols is 1. The SMILES string of the molecule is O=C(COc1ccccc1Cl)NNC(=O)c1ccc(O)c(Cl)c1. The summed E-state index contributed by atoms with van der Waals surface area (Å²) < 4.78 is 5.22. The van der Waals surface area contributed by atoms with Gasteiger partial charge in [0.25, 0.3) is 11.8 Å². The molecule has 8 heteroatoms. The molecule has 0 saturated heterocycles. The van der Waals surface area contributed by atoms with E-state index in [9.17, 15) is 14.7 Å². The Hall–Kier alpha value is -2.44. The molecule has 0 spiro atoms. The smallest absolute Gasteiger partial charge is 0.276 e. The van der Waals surface area contributed by atoms with Gasteiger partial charge in [-0.1, -0.05) is 35.3 Å². The molecule has 0 fully saturated rings. The lowest BCUT2D eigenvalue weighted by atomic mass is 10.2. The number of amides is 2. The fraction of sp³-hybridized carbons (Fsp3) is 0.0667. The number of hydrazine groups is 1. The van der Waals surface area contributed by atoms with E-state index in [1.54, 1.807) is 24.3 Å². The summed E-state index contributed by atoms with van der Waals surface area (Å²) in [5, 5.41) is 9.69. The first kappa shape index (κ1) is 16.9. The van der Waals surface area contributed by atoms with Crippen molar-refractivity contribution in [2.75, 3.05) is 6.61 Å². The van der Waals surface area contributed by atoms with Gasteiger partial charge in [0, 0.05) is 5.56 Å². The Morgan fingerprint density at radius 3 is 2.48 bits per heavy atom. The summed E-state index contributed by atoms with van der Waals surface area (Å²) in [6, 6.07) is 10.6. The fourth-order valence-corrected chi connectivity index (χ4v) is 1.96. The number of benzene rings is 2. The Labute approximate surface area is 141 Å². The molecule has 6 nitrogen and oxygen atoms in total. The van der Waals surface area contributed by atoms with E-state index in [0.29, 0.717) is 10.8 Å². The zero-order valence-corrected chi connectivity index (χ0v) is 13.2. The third kappa shape index (κ3) is 4.77. The van der Waals surface area contributed by atoms with Crippen molar-refractivity contribution in [2.45, 2.75) is 0 Å². The number of carbonyl (C=O) groups is 2. The molecule has 0 aliphatic rings. The van der Waals surface area contributed by atoms with Gasteiger partial charge in [0.15, 0.2) is 6.61 Å². The number of hydrogen-bond acceptors (Lipinski definition) is 4. The Morgan fingerprint density at radius 2 is 1.78 bits per heavy atom. The maximum Gasteiger partial charge on any atom is 0.276 e. The Balaban J connectivity index is 1.83. The van der Waals surface area contributed by atoms with E-state index >= 15 is 0 Å². The maximum absolute atomic E-state index is 11.8. The lowest BCUT2D eigenvalue weighted by molar-refractivity contribution is -0.123. The van der Waals surface area contributed by atoms with Gasteiger partial charge in [-0.3, -0.25) is 20.4 Å². The molecule has 0 unspecified atom stereocenters. The van der Waals surface area contributed by atoms with E-state index in [1.807, 2.05) is 0 Å². The minimum atomic E-state index is -0.585. The highest BCUT2D eigenvalue weighted by Crippen LogP contribution is 2.24. The first-order valence-electron chi connectivity index (χ1n) is 6.42. The van der Waals surface area contributed by atoms with Crippen molar-refractivity contribution in [3.05, 3.63) is 58.1 Å². The van der Waals surface area contributed by atoms with Crippen LogP contribution in [0.3, 0.4) is 0 Å². The van der Waals surface area contributed by atoms with Crippen molar-refractivity contribution in [3.63, 3.8) is 0 Å².